The van der Waals surface area contributed by atoms with E-state index in [1.165, 1.54) is 4.90 Å². The Kier molecular flexibility index (Phi) is 3.71. The van der Waals surface area contributed by atoms with E-state index >= 15 is 0 Å². The Labute approximate surface area is 127 Å². The van der Waals surface area contributed by atoms with Crippen LogP contribution in [-0.2, 0) is 11.2 Å². The van der Waals surface area contributed by atoms with Crippen molar-refractivity contribution in [2.45, 2.75) is 25.8 Å². The Hall–Kier alpha value is -1.82. The van der Waals surface area contributed by atoms with Crippen molar-refractivity contribution in [3.8, 4) is 0 Å². The summed E-state index contributed by atoms with van der Waals surface area (Å²) in [6, 6.07) is 0.824. The Morgan fingerprint density at radius 2 is 2.19 bits per heavy atom. The van der Waals surface area contributed by atoms with Crippen molar-refractivity contribution in [2.24, 2.45) is 0 Å². The topological polar surface area (TPSA) is 60.9 Å². The highest BCUT2D eigenvalue weighted by Crippen LogP contribution is 2.34. The quantitative estimate of drug-likeness (QED) is 0.811. The number of amides is 2. The minimum Gasteiger partial charge on any atom is -0.479 e. The van der Waals surface area contributed by atoms with Gasteiger partial charge in [0.25, 0.3) is 0 Å². The third-order valence-corrected chi connectivity index (χ3v) is 5.04. The Bertz CT molecular complexity index is 608. The normalized spacial score (nSPS) is 21.8. The molecule has 1 aromatic rings. The molecule has 0 radical (unpaired) electrons. The van der Waals surface area contributed by atoms with Crippen molar-refractivity contribution >= 4 is 23.3 Å². The van der Waals surface area contributed by atoms with Gasteiger partial charge in [-0.05, 0) is 36.8 Å². The highest BCUT2D eigenvalue weighted by atomic mass is 32.1. The fraction of sp³-hybridized carbons (Fsp3) is 0.467. The number of hydrogen-bond acceptors (Lipinski definition) is 3. The van der Waals surface area contributed by atoms with Crippen LogP contribution < -0.4 is 0 Å². The van der Waals surface area contributed by atoms with Crippen LogP contribution in [0.25, 0.3) is 0 Å². The number of aliphatic carboxylic acids is 1. The largest absolute Gasteiger partial charge is 0.479 e. The maximum Gasteiger partial charge on any atom is 0.331 e. The van der Waals surface area contributed by atoms with Gasteiger partial charge in [0.2, 0.25) is 0 Å². The third kappa shape index (κ3) is 2.55. The monoisotopic (exact) mass is 306 g/mol. The van der Waals surface area contributed by atoms with E-state index in [2.05, 4.69) is 6.08 Å². The van der Waals surface area contributed by atoms with Gasteiger partial charge in [-0.1, -0.05) is 11.6 Å². The Morgan fingerprint density at radius 1 is 1.38 bits per heavy atom. The number of carboxylic acid groups (broad SMARTS) is 1. The summed E-state index contributed by atoms with van der Waals surface area (Å²) < 4.78 is 0. The molecule has 1 atom stereocenters. The second-order valence-corrected chi connectivity index (χ2v) is 6.53. The van der Waals surface area contributed by atoms with Gasteiger partial charge in [0.15, 0.2) is 6.04 Å². The Morgan fingerprint density at radius 3 is 2.90 bits per heavy atom. The molecule has 2 aliphatic rings. The van der Waals surface area contributed by atoms with Crippen molar-refractivity contribution in [3.05, 3.63) is 33.5 Å². The third-order valence-electron chi connectivity index (χ3n) is 4.05. The minimum atomic E-state index is -0.952. The first-order chi connectivity index (χ1) is 10.1. The van der Waals surface area contributed by atoms with E-state index in [-0.39, 0.29) is 6.03 Å². The number of hydrogen-bond donors (Lipinski definition) is 1. The first kappa shape index (κ1) is 14.1. The molecular formula is C15H18N2O3S. The maximum absolute atomic E-state index is 12.7. The zero-order valence-corrected chi connectivity index (χ0v) is 12.7. The van der Waals surface area contributed by atoms with Crippen molar-refractivity contribution in [3.63, 3.8) is 0 Å². The van der Waals surface area contributed by atoms with Gasteiger partial charge in [0.1, 0.15) is 0 Å². The molecule has 6 heteroatoms. The van der Waals surface area contributed by atoms with E-state index in [1.807, 2.05) is 18.4 Å². The first-order valence-corrected chi connectivity index (χ1v) is 7.96. The summed E-state index contributed by atoms with van der Waals surface area (Å²) in [5.41, 5.74) is 1.94. The summed E-state index contributed by atoms with van der Waals surface area (Å²) in [5, 5.41) is 11.5. The number of carbonyl (C=O) groups is 2. The van der Waals surface area contributed by atoms with Gasteiger partial charge in [0, 0.05) is 24.5 Å². The molecule has 1 N–H and O–H groups in total. The van der Waals surface area contributed by atoms with Gasteiger partial charge in [-0.2, -0.15) is 0 Å². The second-order valence-electron chi connectivity index (χ2n) is 5.53. The summed E-state index contributed by atoms with van der Waals surface area (Å²) in [7, 11) is 0. The molecule has 2 aliphatic heterocycles. The van der Waals surface area contributed by atoms with Gasteiger partial charge < -0.3 is 14.9 Å². The second kappa shape index (κ2) is 5.52. The SMILES string of the molecule is CC1=CCCN(C(=O)N2CCc3sccc3C2C(=O)O)C1. The molecule has 1 aromatic heterocycles. The highest BCUT2D eigenvalue weighted by molar-refractivity contribution is 7.10. The molecule has 21 heavy (non-hydrogen) atoms. The van der Waals surface area contributed by atoms with Crippen LogP contribution in [0.3, 0.4) is 0 Å². The summed E-state index contributed by atoms with van der Waals surface area (Å²) in [5.74, 6) is -0.952. The minimum absolute atomic E-state index is 0.160. The molecule has 112 valence electrons. The molecule has 5 nitrogen and oxygen atoms in total. The lowest BCUT2D eigenvalue weighted by Crippen LogP contribution is -2.50. The van der Waals surface area contributed by atoms with Gasteiger partial charge >= 0.3 is 12.0 Å². The van der Waals surface area contributed by atoms with E-state index in [9.17, 15) is 14.7 Å². The number of fused-ring (bicyclic) bond motifs is 1. The Balaban J connectivity index is 1.86. The number of carbonyl (C=O) groups excluding carboxylic acids is 1. The average molecular weight is 306 g/mol. The van der Waals surface area contributed by atoms with Crippen LogP contribution in [-0.4, -0.2) is 46.5 Å². The van der Waals surface area contributed by atoms with Gasteiger partial charge in [-0.15, -0.1) is 11.3 Å². The number of nitrogens with zero attached hydrogens (tertiary/aromatic N) is 2. The van der Waals surface area contributed by atoms with Crippen molar-refractivity contribution < 1.29 is 14.7 Å². The molecule has 1 unspecified atom stereocenters. The molecule has 0 aromatic carbocycles. The van der Waals surface area contributed by atoms with E-state index in [0.29, 0.717) is 19.6 Å². The number of urea groups is 1. The van der Waals surface area contributed by atoms with Crippen LogP contribution in [0.1, 0.15) is 29.8 Å². The molecule has 3 rings (SSSR count). The lowest BCUT2D eigenvalue weighted by molar-refractivity contribution is -0.143. The fourth-order valence-corrected chi connectivity index (χ4v) is 3.95. The van der Waals surface area contributed by atoms with Crippen LogP contribution in [0.15, 0.2) is 23.1 Å². The summed E-state index contributed by atoms with van der Waals surface area (Å²) in [6.45, 7) is 3.73. The van der Waals surface area contributed by atoms with E-state index in [0.717, 1.165) is 28.9 Å². The van der Waals surface area contributed by atoms with Gasteiger partial charge in [-0.25, -0.2) is 9.59 Å². The number of rotatable bonds is 1. The maximum atomic E-state index is 12.7. The zero-order valence-electron chi connectivity index (χ0n) is 11.9. The van der Waals surface area contributed by atoms with Crippen LogP contribution in [0.4, 0.5) is 4.79 Å². The van der Waals surface area contributed by atoms with Crippen molar-refractivity contribution in [1.82, 2.24) is 9.80 Å². The molecule has 2 amide bonds. The van der Waals surface area contributed by atoms with E-state index in [4.69, 9.17) is 0 Å². The number of carboxylic acids is 1. The average Bonchev–Trinajstić information content (AvgIpc) is 2.93. The number of thiophene rings is 1. The molecule has 0 saturated heterocycles. The molecule has 0 fully saturated rings. The lowest BCUT2D eigenvalue weighted by atomic mass is 10.0. The summed E-state index contributed by atoms with van der Waals surface area (Å²) in [6.07, 6.45) is 3.71. The predicted molar refractivity (Wildman–Crippen MR) is 80.4 cm³/mol. The van der Waals surface area contributed by atoms with Crippen LogP contribution in [0.5, 0.6) is 0 Å². The van der Waals surface area contributed by atoms with E-state index < -0.39 is 12.0 Å². The molecule has 0 aliphatic carbocycles. The van der Waals surface area contributed by atoms with Crippen LogP contribution >= 0.6 is 11.3 Å². The standard InChI is InChI=1S/C15H18N2O3S/c1-10-3-2-6-16(9-10)15(20)17-7-4-12-11(5-8-21-12)13(17)14(18)19/h3,5,8,13H,2,4,6-7,9H2,1H3,(H,18,19). The molecule has 0 saturated carbocycles. The van der Waals surface area contributed by atoms with E-state index in [1.54, 1.807) is 16.2 Å². The van der Waals surface area contributed by atoms with Gasteiger partial charge in [-0.3, -0.25) is 0 Å². The summed E-state index contributed by atoms with van der Waals surface area (Å²) >= 11 is 1.57. The van der Waals surface area contributed by atoms with Crippen molar-refractivity contribution in [2.75, 3.05) is 19.6 Å². The molecular weight excluding hydrogens is 288 g/mol. The van der Waals surface area contributed by atoms with Crippen molar-refractivity contribution in [1.29, 1.82) is 0 Å². The summed E-state index contributed by atoms with van der Waals surface area (Å²) in [4.78, 5) is 28.7. The van der Waals surface area contributed by atoms with Gasteiger partial charge in [0.05, 0.1) is 0 Å². The predicted octanol–water partition coefficient (Wildman–Crippen LogP) is 2.50. The zero-order chi connectivity index (χ0) is 15.0. The smallest absolute Gasteiger partial charge is 0.331 e. The first-order valence-electron chi connectivity index (χ1n) is 7.08. The fourth-order valence-electron chi connectivity index (χ4n) is 3.05. The molecule has 0 bridgehead atoms. The molecule has 0 spiro atoms. The van der Waals surface area contributed by atoms with Crippen LogP contribution in [0.2, 0.25) is 0 Å². The van der Waals surface area contributed by atoms with Crippen LogP contribution in [0, 0.1) is 0 Å². The molecule has 3 heterocycles. The lowest BCUT2D eigenvalue weighted by Gasteiger charge is -2.38. The highest BCUT2D eigenvalue weighted by Gasteiger charge is 2.38.